The van der Waals surface area contributed by atoms with Gasteiger partial charge >= 0.3 is 0 Å². The van der Waals surface area contributed by atoms with Gasteiger partial charge in [-0.05, 0) is 24.3 Å². The van der Waals surface area contributed by atoms with Crippen LogP contribution in [0.25, 0.3) is 5.69 Å². The summed E-state index contributed by atoms with van der Waals surface area (Å²) in [5.41, 5.74) is 1.11. The first kappa shape index (κ1) is 13.0. The van der Waals surface area contributed by atoms with Gasteiger partial charge < -0.3 is 9.47 Å². The molecule has 1 aromatic heterocycles. The molecular weight excluding hydrogens is 310 g/mol. The molecule has 3 aromatic rings. The van der Waals surface area contributed by atoms with Crippen molar-refractivity contribution in [3.63, 3.8) is 0 Å². The number of thioether (sulfide) groups is 1. The summed E-state index contributed by atoms with van der Waals surface area (Å²) in [6.45, 7) is 0.435. The standard InChI is InChI=1S/C17H13N3O2S/c1-4-8-15-11(5-1)20-16(10-23-15)18-19-17(20)14-9-21-12-6-2-3-7-13(12)22-14/h1-8,14H,9-10H2/t14-/m1/s1. The van der Waals surface area contributed by atoms with E-state index < -0.39 is 0 Å². The molecule has 0 aliphatic carbocycles. The summed E-state index contributed by atoms with van der Waals surface area (Å²) in [5, 5.41) is 8.73. The third kappa shape index (κ3) is 2.02. The van der Waals surface area contributed by atoms with Crippen molar-refractivity contribution in [2.24, 2.45) is 0 Å². The molecule has 0 fully saturated rings. The fraction of sp³-hybridized carbons (Fsp3) is 0.176. The zero-order chi connectivity index (χ0) is 15.2. The van der Waals surface area contributed by atoms with E-state index in [2.05, 4.69) is 33.0 Å². The first-order valence-corrected chi connectivity index (χ1v) is 8.43. The quantitative estimate of drug-likeness (QED) is 0.687. The van der Waals surface area contributed by atoms with E-state index in [1.54, 1.807) is 11.8 Å². The van der Waals surface area contributed by atoms with Gasteiger partial charge in [0.05, 0.1) is 11.4 Å². The number of fused-ring (bicyclic) bond motifs is 4. The first-order chi connectivity index (χ1) is 11.4. The van der Waals surface area contributed by atoms with E-state index in [1.807, 2.05) is 30.3 Å². The molecule has 5 rings (SSSR count). The van der Waals surface area contributed by atoms with Crippen molar-refractivity contribution in [2.45, 2.75) is 16.8 Å². The number of rotatable bonds is 1. The molecule has 0 N–H and O–H groups in total. The van der Waals surface area contributed by atoms with Gasteiger partial charge in [-0.25, -0.2) is 0 Å². The lowest BCUT2D eigenvalue weighted by atomic mass is 10.2. The van der Waals surface area contributed by atoms with E-state index in [1.165, 1.54) is 4.90 Å². The monoisotopic (exact) mass is 323 g/mol. The van der Waals surface area contributed by atoms with Crippen LogP contribution in [0.4, 0.5) is 0 Å². The highest BCUT2D eigenvalue weighted by atomic mass is 32.2. The zero-order valence-electron chi connectivity index (χ0n) is 12.2. The molecule has 2 aliphatic rings. The van der Waals surface area contributed by atoms with Gasteiger partial charge in [-0.3, -0.25) is 4.57 Å². The maximum Gasteiger partial charge on any atom is 0.192 e. The highest BCUT2D eigenvalue weighted by molar-refractivity contribution is 7.98. The minimum absolute atomic E-state index is 0.262. The molecule has 0 spiro atoms. The summed E-state index contributed by atoms with van der Waals surface area (Å²) in [7, 11) is 0. The molecule has 1 atom stereocenters. The summed E-state index contributed by atoms with van der Waals surface area (Å²) < 4.78 is 14.0. The number of para-hydroxylation sites is 3. The van der Waals surface area contributed by atoms with Crippen molar-refractivity contribution in [3.05, 3.63) is 60.2 Å². The predicted octanol–water partition coefficient (Wildman–Crippen LogP) is 3.39. The van der Waals surface area contributed by atoms with Crippen LogP contribution in [0.15, 0.2) is 53.4 Å². The second kappa shape index (κ2) is 5.03. The molecule has 0 amide bonds. The maximum atomic E-state index is 6.10. The summed E-state index contributed by atoms with van der Waals surface area (Å²) in [4.78, 5) is 1.23. The molecule has 23 heavy (non-hydrogen) atoms. The van der Waals surface area contributed by atoms with Crippen molar-refractivity contribution in [1.29, 1.82) is 0 Å². The third-order valence-corrected chi connectivity index (χ3v) is 5.07. The predicted molar refractivity (Wildman–Crippen MR) is 86.2 cm³/mol. The van der Waals surface area contributed by atoms with Crippen LogP contribution in [0.2, 0.25) is 0 Å². The van der Waals surface area contributed by atoms with Crippen LogP contribution in [0.5, 0.6) is 11.5 Å². The van der Waals surface area contributed by atoms with Crippen LogP contribution in [-0.2, 0) is 5.75 Å². The van der Waals surface area contributed by atoms with Crippen molar-refractivity contribution < 1.29 is 9.47 Å². The lowest BCUT2D eigenvalue weighted by Crippen LogP contribution is -2.25. The van der Waals surface area contributed by atoms with E-state index in [9.17, 15) is 0 Å². The molecule has 0 saturated carbocycles. The molecule has 6 heteroatoms. The SMILES string of the molecule is c1ccc2c(c1)OC[C@H](c1nnc3n1-c1ccccc1SC3)O2. The van der Waals surface area contributed by atoms with Gasteiger partial charge in [0.15, 0.2) is 23.4 Å². The molecule has 0 bridgehead atoms. The lowest BCUT2D eigenvalue weighted by molar-refractivity contribution is 0.0836. The molecule has 0 saturated heterocycles. The van der Waals surface area contributed by atoms with E-state index in [0.29, 0.717) is 6.61 Å². The van der Waals surface area contributed by atoms with Crippen molar-refractivity contribution >= 4 is 11.8 Å². The minimum Gasteiger partial charge on any atom is -0.485 e. The normalized spacial score (nSPS) is 18.2. The second-order valence-electron chi connectivity index (χ2n) is 5.43. The van der Waals surface area contributed by atoms with E-state index in [-0.39, 0.29) is 6.10 Å². The topological polar surface area (TPSA) is 49.2 Å². The first-order valence-electron chi connectivity index (χ1n) is 7.45. The van der Waals surface area contributed by atoms with Gasteiger partial charge in [0.25, 0.3) is 0 Å². The molecule has 0 unspecified atom stereocenters. The number of ether oxygens (including phenoxy) is 2. The fourth-order valence-corrected chi connectivity index (χ4v) is 3.90. The number of nitrogens with zero attached hydrogens (tertiary/aromatic N) is 3. The Hall–Kier alpha value is -2.47. The van der Waals surface area contributed by atoms with Crippen LogP contribution in [0.1, 0.15) is 17.8 Å². The third-order valence-electron chi connectivity index (χ3n) is 4.01. The van der Waals surface area contributed by atoms with E-state index >= 15 is 0 Å². The molecule has 3 heterocycles. The van der Waals surface area contributed by atoms with Crippen LogP contribution in [-0.4, -0.2) is 21.4 Å². The second-order valence-corrected chi connectivity index (χ2v) is 6.45. The average molecular weight is 323 g/mol. The van der Waals surface area contributed by atoms with Gasteiger partial charge in [-0.1, -0.05) is 24.3 Å². The molecule has 2 aliphatic heterocycles. The minimum atomic E-state index is -0.262. The highest BCUT2D eigenvalue weighted by Gasteiger charge is 2.31. The number of hydrogen-bond acceptors (Lipinski definition) is 5. The summed E-state index contributed by atoms with van der Waals surface area (Å²) in [6.07, 6.45) is -0.262. The lowest BCUT2D eigenvalue weighted by Gasteiger charge is -2.27. The van der Waals surface area contributed by atoms with Crippen LogP contribution >= 0.6 is 11.8 Å². The Balaban J connectivity index is 1.59. The van der Waals surface area contributed by atoms with Gasteiger partial charge in [0.1, 0.15) is 12.4 Å². The number of benzene rings is 2. The molecule has 2 aromatic carbocycles. The summed E-state index contributed by atoms with van der Waals surface area (Å²) in [6, 6.07) is 16.0. The van der Waals surface area contributed by atoms with Crippen LogP contribution in [0, 0.1) is 0 Å². The van der Waals surface area contributed by atoms with Crippen molar-refractivity contribution in [1.82, 2.24) is 14.8 Å². The van der Waals surface area contributed by atoms with E-state index in [4.69, 9.17) is 9.47 Å². The Morgan fingerprint density at radius 2 is 1.83 bits per heavy atom. The number of hydrogen-bond donors (Lipinski definition) is 0. The van der Waals surface area contributed by atoms with Gasteiger partial charge in [0, 0.05) is 4.90 Å². The molecule has 114 valence electrons. The molecular formula is C17H13N3O2S. The van der Waals surface area contributed by atoms with Crippen LogP contribution < -0.4 is 9.47 Å². The van der Waals surface area contributed by atoms with Gasteiger partial charge in [0.2, 0.25) is 0 Å². The van der Waals surface area contributed by atoms with Gasteiger partial charge in [-0.15, -0.1) is 22.0 Å². The largest absolute Gasteiger partial charge is 0.485 e. The summed E-state index contributed by atoms with van der Waals surface area (Å²) in [5.74, 6) is 4.08. The van der Waals surface area contributed by atoms with Crippen molar-refractivity contribution in [3.8, 4) is 17.2 Å². The fourth-order valence-electron chi connectivity index (χ4n) is 2.95. The number of aromatic nitrogens is 3. The Morgan fingerprint density at radius 1 is 1.00 bits per heavy atom. The van der Waals surface area contributed by atoms with Crippen molar-refractivity contribution in [2.75, 3.05) is 6.61 Å². The Bertz CT molecular complexity index is 893. The highest BCUT2D eigenvalue weighted by Crippen LogP contribution is 2.39. The zero-order valence-corrected chi connectivity index (χ0v) is 13.0. The maximum absolute atomic E-state index is 6.10. The molecule has 0 radical (unpaired) electrons. The average Bonchev–Trinajstić information content (AvgIpc) is 3.06. The van der Waals surface area contributed by atoms with E-state index in [0.717, 1.165) is 34.6 Å². The Morgan fingerprint density at radius 3 is 2.78 bits per heavy atom. The smallest absolute Gasteiger partial charge is 0.192 e. The molecule has 5 nitrogen and oxygen atoms in total. The Labute approximate surface area is 137 Å². The Kier molecular flexibility index (Phi) is 2.84. The summed E-state index contributed by atoms with van der Waals surface area (Å²) >= 11 is 1.78. The van der Waals surface area contributed by atoms with Crippen LogP contribution in [0.3, 0.4) is 0 Å². The van der Waals surface area contributed by atoms with Gasteiger partial charge in [-0.2, -0.15) is 0 Å².